The van der Waals surface area contributed by atoms with Crippen LogP contribution in [0.2, 0.25) is 0 Å². The number of hydrogen-bond donors (Lipinski definition) is 2. The minimum absolute atomic E-state index is 0.188. The van der Waals surface area contributed by atoms with Gasteiger partial charge in [-0.15, -0.1) is 0 Å². The van der Waals surface area contributed by atoms with E-state index >= 15 is 0 Å². The van der Waals surface area contributed by atoms with E-state index in [1.807, 2.05) is 31.2 Å². The lowest BCUT2D eigenvalue weighted by Crippen LogP contribution is -2.13. The first kappa shape index (κ1) is 20.8. The van der Waals surface area contributed by atoms with Crippen LogP contribution in [0.3, 0.4) is 0 Å². The van der Waals surface area contributed by atoms with Crippen LogP contribution in [-0.2, 0) is 16.0 Å². The van der Waals surface area contributed by atoms with E-state index in [0.717, 1.165) is 11.3 Å². The first-order valence-corrected chi connectivity index (χ1v) is 9.38. The highest BCUT2D eigenvalue weighted by Gasteiger charge is 2.11. The zero-order chi connectivity index (χ0) is 21.3. The molecule has 2 aromatic carbocycles. The Morgan fingerprint density at radius 1 is 1.00 bits per heavy atom. The zero-order valence-corrected chi connectivity index (χ0v) is 16.7. The van der Waals surface area contributed by atoms with E-state index in [2.05, 4.69) is 25.5 Å². The fraction of sp³-hybridized carbons (Fsp3) is 0.238. The fourth-order valence-electron chi connectivity index (χ4n) is 2.59. The number of aryl methyl sites for hydroxylation is 1. The van der Waals surface area contributed by atoms with Gasteiger partial charge in [-0.1, -0.05) is 5.16 Å². The third-order valence-electron chi connectivity index (χ3n) is 4.06. The molecule has 9 heteroatoms. The summed E-state index contributed by atoms with van der Waals surface area (Å²) in [7, 11) is 1.29. The largest absolute Gasteiger partial charge is 0.494 e. The molecule has 0 bridgehead atoms. The minimum Gasteiger partial charge on any atom is -0.494 e. The predicted molar refractivity (Wildman–Crippen MR) is 110 cm³/mol. The van der Waals surface area contributed by atoms with Crippen molar-refractivity contribution in [3.8, 4) is 17.1 Å². The smallest absolute Gasteiger partial charge is 0.411 e. The van der Waals surface area contributed by atoms with Gasteiger partial charge in [0.1, 0.15) is 5.75 Å². The van der Waals surface area contributed by atoms with Crippen LogP contribution in [-0.4, -0.2) is 35.9 Å². The summed E-state index contributed by atoms with van der Waals surface area (Å²) in [6.45, 7) is 2.52. The number of rotatable bonds is 8. The standard InChI is InChI=1S/C21H22N4O5/c1-3-29-17-10-4-14(5-11-17)20-24-19(30-25-20)13-12-18(26)22-15-6-8-16(9-7-15)23-21(27)28-2/h4-11H,3,12-13H2,1-2H3,(H,22,26)(H,23,27). The van der Waals surface area contributed by atoms with E-state index in [4.69, 9.17) is 9.26 Å². The van der Waals surface area contributed by atoms with Crippen molar-refractivity contribution in [3.63, 3.8) is 0 Å². The fourth-order valence-corrected chi connectivity index (χ4v) is 2.59. The van der Waals surface area contributed by atoms with Gasteiger partial charge in [-0.05, 0) is 55.5 Å². The van der Waals surface area contributed by atoms with Crippen molar-refractivity contribution in [3.05, 3.63) is 54.4 Å². The Hall–Kier alpha value is -3.88. The topological polar surface area (TPSA) is 116 Å². The molecule has 0 aliphatic carbocycles. The summed E-state index contributed by atoms with van der Waals surface area (Å²) in [4.78, 5) is 27.7. The number of nitrogens with one attached hydrogen (secondary N) is 2. The number of hydrogen-bond acceptors (Lipinski definition) is 7. The average Bonchev–Trinajstić information content (AvgIpc) is 3.23. The predicted octanol–water partition coefficient (Wildman–Crippen LogP) is 3.88. The summed E-state index contributed by atoms with van der Waals surface area (Å²) in [5.74, 6) is 1.43. The molecular weight excluding hydrogens is 388 g/mol. The van der Waals surface area contributed by atoms with Crippen molar-refractivity contribution in [2.75, 3.05) is 24.4 Å². The molecule has 0 unspecified atom stereocenters. The van der Waals surface area contributed by atoms with Gasteiger partial charge in [0.05, 0.1) is 13.7 Å². The molecule has 0 atom stereocenters. The van der Waals surface area contributed by atoms with Crippen LogP contribution in [0.5, 0.6) is 5.75 Å². The van der Waals surface area contributed by atoms with Crippen LogP contribution in [0.25, 0.3) is 11.4 Å². The Kier molecular flexibility index (Phi) is 6.99. The lowest BCUT2D eigenvalue weighted by atomic mass is 10.2. The van der Waals surface area contributed by atoms with Gasteiger partial charge < -0.3 is 19.3 Å². The monoisotopic (exact) mass is 410 g/mol. The van der Waals surface area contributed by atoms with Gasteiger partial charge in [0.2, 0.25) is 17.6 Å². The number of carbonyl (C=O) groups excluding carboxylic acids is 2. The molecule has 0 spiro atoms. The number of methoxy groups -OCH3 is 1. The number of amides is 2. The molecule has 0 aliphatic rings. The Labute approximate surface area is 173 Å². The summed E-state index contributed by atoms with van der Waals surface area (Å²) >= 11 is 0. The van der Waals surface area contributed by atoms with E-state index in [1.54, 1.807) is 24.3 Å². The molecule has 3 rings (SSSR count). The second-order valence-electron chi connectivity index (χ2n) is 6.21. The number of carbonyl (C=O) groups is 2. The summed E-state index contributed by atoms with van der Waals surface area (Å²) < 4.78 is 15.2. The molecule has 0 fully saturated rings. The molecule has 0 radical (unpaired) electrons. The molecular formula is C21H22N4O5. The number of aromatic nitrogens is 2. The number of anilines is 2. The van der Waals surface area contributed by atoms with Crippen LogP contribution in [0.1, 0.15) is 19.2 Å². The molecule has 2 N–H and O–H groups in total. The Morgan fingerprint density at radius 3 is 2.30 bits per heavy atom. The van der Waals surface area contributed by atoms with Crippen molar-refractivity contribution in [1.29, 1.82) is 0 Å². The van der Waals surface area contributed by atoms with Gasteiger partial charge in [0.25, 0.3) is 0 Å². The van der Waals surface area contributed by atoms with Gasteiger partial charge in [-0.3, -0.25) is 10.1 Å². The highest BCUT2D eigenvalue weighted by atomic mass is 16.5. The van der Waals surface area contributed by atoms with E-state index in [9.17, 15) is 9.59 Å². The van der Waals surface area contributed by atoms with Gasteiger partial charge in [-0.25, -0.2) is 4.79 Å². The Balaban J connectivity index is 1.50. The molecule has 0 saturated carbocycles. The van der Waals surface area contributed by atoms with Gasteiger partial charge in [0.15, 0.2) is 0 Å². The second-order valence-corrected chi connectivity index (χ2v) is 6.21. The average molecular weight is 410 g/mol. The normalized spacial score (nSPS) is 10.3. The van der Waals surface area contributed by atoms with Crippen molar-refractivity contribution < 1.29 is 23.6 Å². The summed E-state index contributed by atoms with van der Waals surface area (Å²) in [5.41, 5.74) is 1.97. The first-order valence-electron chi connectivity index (χ1n) is 9.38. The van der Waals surface area contributed by atoms with Crippen LogP contribution in [0.15, 0.2) is 53.1 Å². The second kappa shape index (κ2) is 10.1. The zero-order valence-electron chi connectivity index (χ0n) is 16.7. The number of benzene rings is 2. The summed E-state index contributed by atoms with van der Waals surface area (Å²) in [6.07, 6.45) is -0.0544. The van der Waals surface area contributed by atoms with Crippen LogP contribution in [0, 0.1) is 0 Å². The third-order valence-corrected chi connectivity index (χ3v) is 4.06. The molecule has 30 heavy (non-hydrogen) atoms. The summed E-state index contributed by atoms with van der Waals surface area (Å²) in [6, 6.07) is 14.1. The van der Waals surface area contributed by atoms with E-state index in [1.165, 1.54) is 7.11 Å². The highest BCUT2D eigenvalue weighted by molar-refractivity contribution is 5.91. The SMILES string of the molecule is CCOc1ccc(-c2noc(CCC(=O)Nc3ccc(NC(=O)OC)cc3)n2)cc1. The lowest BCUT2D eigenvalue weighted by Gasteiger charge is -2.06. The maximum atomic E-state index is 12.2. The van der Waals surface area contributed by atoms with Crippen molar-refractivity contribution in [2.24, 2.45) is 0 Å². The molecule has 0 saturated heterocycles. The third kappa shape index (κ3) is 5.81. The number of nitrogens with zero attached hydrogens (tertiary/aromatic N) is 2. The molecule has 1 heterocycles. The molecule has 0 aliphatic heterocycles. The highest BCUT2D eigenvalue weighted by Crippen LogP contribution is 2.20. The first-order chi connectivity index (χ1) is 14.6. The van der Waals surface area contributed by atoms with Crippen molar-refractivity contribution in [2.45, 2.75) is 19.8 Å². The van der Waals surface area contributed by atoms with E-state index < -0.39 is 6.09 Å². The quantitative estimate of drug-likeness (QED) is 0.579. The number of ether oxygens (including phenoxy) is 2. The maximum absolute atomic E-state index is 12.2. The Morgan fingerprint density at radius 2 is 1.67 bits per heavy atom. The maximum Gasteiger partial charge on any atom is 0.411 e. The van der Waals surface area contributed by atoms with Gasteiger partial charge >= 0.3 is 6.09 Å². The van der Waals surface area contributed by atoms with Crippen molar-refractivity contribution >= 4 is 23.4 Å². The molecule has 3 aromatic rings. The lowest BCUT2D eigenvalue weighted by molar-refractivity contribution is -0.116. The van der Waals surface area contributed by atoms with Crippen LogP contribution < -0.4 is 15.4 Å². The Bertz CT molecular complexity index is 983. The minimum atomic E-state index is -0.559. The van der Waals surface area contributed by atoms with E-state index in [0.29, 0.717) is 36.1 Å². The molecule has 2 amide bonds. The molecule has 9 nitrogen and oxygen atoms in total. The summed E-state index contributed by atoms with van der Waals surface area (Å²) in [5, 5.41) is 9.27. The van der Waals surface area contributed by atoms with Crippen LogP contribution >= 0.6 is 0 Å². The van der Waals surface area contributed by atoms with Gasteiger partial charge in [-0.2, -0.15) is 4.98 Å². The van der Waals surface area contributed by atoms with Crippen LogP contribution in [0.4, 0.5) is 16.2 Å². The molecule has 156 valence electrons. The van der Waals surface area contributed by atoms with Crippen molar-refractivity contribution in [1.82, 2.24) is 10.1 Å². The van der Waals surface area contributed by atoms with E-state index in [-0.39, 0.29) is 12.3 Å². The van der Waals surface area contributed by atoms with Gasteiger partial charge in [0, 0.05) is 29.8 Å². The molecule has 1 aromatic heterocycles.